The molecule has 2 N–H and O–H groups in total. The highest BCUT2D eigenvalue weighted by molar-refractivity contribution is 6.03. The highest BCUT2D eigenvalue weighted by atomic mass is 16.1. The Labute approximate surface area is 132 Å². The Morgan fingerprint density at radius 2 is 1.73 bits per heavy atom. The summed E-state index contributed by atoms with van der Waals surface area (Å²) in [6, 6.07) is 13.5. The van der Waals surface area contributed by atoms with Gasteiger partial charge >= 0.3 is 0 Å². The van der Waals surface area contributed by atoms with Gasteiger partial charge in [0.1, 0.15) is 11.5 Å². The van der Waals surface area contributed by atoms with Crippen LogP contribution in [0.5, 0.6) is 0 Å². The van der Waals surface area contributed by atoms with Crippen molar-refractivity contribution in [2.45, 2.75) is 39.7 Å². The van der Waals surface area contributed by atoms with Crippen LogP contribution < -0.4 is 10.6 Å². The molecule has 0 atom stereocenters. The molecule has 0 saturated carbocycles. The molecule has 0 unspecified atom stereocenters. The molecule has 116 valence electrons. The predicted molar refractivity (Wildman–Crippen MR) is 91.5 cm³/mol. The summed E-state index contributed by atoms with van der Waals surface area (Å²) in [5.41, 5.74) is 2.36. The smallest absolute Gasteiger partial charge is 0.274 e. The highest BCUT2D eigenvalue weighted by Crippen LogP contribution is 2.24. The summed E-state index contributed by atoms with van der Waals surface area (Å²) < 4.78 is 0. The normalized spacial score (nSPS) is 10.8. The summed E-state index contributed by atoms with van der Waals surface area (Å²) in [4.78, 5) is 16.8. The van der Waals surface area contributed by atoms with E-state index in [4.69, 9.17) is 0 Å². The Morgan fingerprint density at radius 1 is 1.00 bits per heavy atom. The lowest BCUT2D eigenvalue weighted by Gasteiger charge is -2.14. The fourth-order valence-corrected chi connectivity index (χ4v) is 2.24. The second kappa shape index (κ2) is 7.07. The second-order valence-electron chi connectivity index (χ2n) is 5.90. The minimum atomic E-state index is -0.194. The van der Waals surface area contributed by atoms with E-state index in [1.807, 2.05) is 50.2 Å². The topological polar surface area (TPSA) is 54.0 Å². The molecule has 0 aliphatic heterocycles. The van der Waals surface area contributed by atoms with Gasteiger partial charge in [0.05, 0.1) is 0 Å². The van der Waals surface area contributed by atoms with Gasteiger partial charge in [-0.25, -0.2) is 4.98 Å². The second-order valence-corrected chi connectivity index (χ2v) is 5.90. The quantitative estimate of drug-likeness (QED) is 0.866. The molecular weight excluding hydrogens is 274 g/mol. The Hall–Kier alpha value is -2.36. The van der Waals surface area contributed by atoms with E-state index >= 15 is 0 Å². The molecule has 0 radical (unpaired) electrons. The van der Waals surface area contributed by atoms with Gasteiger partial charge in [-0.2, -0.15) is 0 Å². The number of carbonyl (C=O) groups excluding carboxylic acids is 1. The molecule has 4 nitrogen and oxygen atoms in total. The standard InChI is InChI=1S/C18H23N3O/c1-12(2)14-8-5-6-9-15(14)21-18(22)16-10-7-11-17(20-16)19-13(3)4/h5-13H,1-4H3,(H,19,20)(H,21,22). The molecule has 1 aromatic heterocycles. The summed E-state index contributed by atoms with van der Waals surface area (Å²) in [5.74, 6) is 0.860. The zero-order valence-electron chi connectivity index (χ0n) is 13.6. The first-order valence-corrected chi connectivity index (χ1v) is 7.61. The number of nitrogens with one attached hydrogen (secondary N) is 2. The molecule has 4 heteroatoms. The number of hydrogen-bond acceptors (Lipinski definition) is 3. The van der Waals surface area contributed by atoms with Crippen molar-refractivity contribution in [3.8, 4) is 0 Å². The summed E-state index contributed by atoms with van der Waals surface area (Å²) in [7, 11) is 0. The monoisotopic (exact) mass is 297 g/mol. The van der Waals surface area contributed by atoms with Crippen LogP contribution in [0.2, 0.25) is 0 Å². The number of amides is 1. The van der Waals surface area contributed by atoms with Crippen LogP contribution in [0.15, 0.2) is 42.5 Å². The van der Waals surface area contributed by atoms with Crippen molar-refractivity contribution < 1.29 is 4.79 Å². The first kappa shape index (κ1) is 16.0. The largest absolute Gasteiger partial charge is 0.368 e. The Bertz CT molecular complexity index is 650. The number of rotatable bonds is 5. The van der Waals surface area contributed by atoms with Crippen molar-refractivity contribution in [3.63, 3.8) is 0 Å². The molecule has 0 saturated heterocycles. The van der Waals surface area contributed by atoms with Crippen molar-refractivity contribution in [1.29, 1.82) is 0 Å². The van der Waals surface area contributed by atoms with Crippen molar-refractivity contribution in [2.24, 2.45) is 0 Å². The first-order valence-electron chi connectivity index (χ1n) is 7.61. The summed E-state index contributed by atoms with van der Waals surface area (Å²) in [6.07, 6.45) is 0. The minimum absolute atomic E-state index is 0.194. The molecule has 22 heavy (non-hydrogen) atoms. The fraction of sp³-hybridized carbons (Fsp3) is 0.333. The third kappa shape index (κ3) is 4.07. The van der Waals surface area contributed by atoms with Gasteiger partial charge < -0.3 is 10.6 Å². The highest BCUT2D eigenvalue weighted by Gasteiger charge is 2.12. The Morgan fingerprint density at radius 3 is 2.41 bits per heavy atom. The van der Waals surface area contributed by atoms with Crippen LogP contribution in [-0.2, 0) is 0 Å². The Kier molecular flexibility index (Phi) is 5.15. The maximum absolute atomic E-state index is 12.4. The van der Waals surface area contributed by atoms with Crippen molar-refractivity contribution in [2.75, 3.05) is 10.6 Å². The van der Waals surface area contributed by atoms with Gasteiger partial charge in [-0.15, -0.1) is 0 Å². The average molecular weight is 297 g/mol. The number of aromatic nitrogens is 1. The van der Waals surface area contributed by atoms with Gasteiger partial charge in [0, 0.05) is 11.7 Å². The van der Waals surface area contributed by atoms with E-state index in [1.54, 1.807) is 6.07 Å². The summed E-state index contributed by atoms with van der Waals surface area (Å²) in [6.45, 7) is 8.29. The van der Waals surface area contributed by atoms with Crippen molar-refractivity contribution in [1.82, 2.24) is 4.98 Å². The zero-order valence-corrected chi connectivity index (χ0v) is 13.6. The number of benzene rings is 1. The number of nitrogens with zero attached hydrogens (tertiary/aromatic N) is 1. The van der Waals surface area contributed by atoms with Gasteiger partial charge in [0.15, 0.2) is 0 Å². The molecule has 1 aromatic carbocycles. The number of para-hydroxylation sites is 1. The van der Waals surface area contributed by atoms with E-state index in [9.17, 15) is 4.79 Å². The van der Waals surface area contributed by atoms with E-state index in [0.29, 0.717) is 17.4 Å². The van der Waals surface area contributed by atoms with Crippen LogP contribution in [0.4, 0.5) is 11.5 Å². The third-order valence-corrected chi connectivity index (χ3v) is 3.25. The lowest BCUT2D eigenvalue weighted by Crippen LogP contribution is -2.17. The van der Waals surface area contributed by atoms with Gasteiger partial charge in [0.25, 0.3) is 5.91 Å². The van der Waals surface area contributed by atoms with Crippen molar-refractivity contribution >= 4 is 17.4 Å². The van der Waals surface area contributed by atoms with Crippen LogP contribution in [0.1, 0.15) is 49.7 Å². The maximum atomic E-state index is 12.4. The lowest BCUT2D eigenvalue weighted by atomic mass is 10.0. The van der Waals surface area contributed by atoms with Crippen LogP contribution >= 0.6 is 0 Å². The van der Waals surface area contributed by atoms with E-state index < -0.39 is 0 Å². The van der Waals surface area contributed by atoms with Gasteiger partial charge in [-0.3, -0.25) is 4.79 Å². The van der Waals surface area contributed by atoms with Crippen LogP contribution in [0, 0.1) is 0 Å². The molecule has 0 aliphatic rings. The number of carbonyl (C=O) groups is 1. The number of hydrogen-bond donors (Lipinski definition) is 2. The molecule has 1 heterocycles. The van der Waals surface area contributed by atoms with Crippen LogP contribution in [-0.4, -0.2) is 16.9 Å². The summed E-state index contributed by atoms with van der Waals surface area (Å²) in [5, 5.41) is 6.16. The molecule has 0 fully saturated rings. The minimum Gasteiger partial charge on any atom is -0.368 e. The summed E-state index contributed by atoms with van der Waals surface area (Å²) >= 11 is 0. The van der Waals surface area contributed by atoms with E-state index in [0.717, 1.165) is 11.3 Å². The SMILES string of the molecule is CC(C)Nc1cccc(C(=O)Nc2ccccc2C(C)C)n1. The molecule has 2 aromatic rings. The molecule has 1 amide bonds. The van der Waals surface area contributed by atoms with Crippen LogP contribution in [0.3, 0.4) is 0 Å². The van der Waals surface area contributed by atoms with Gasteiger partial charge in [0.2, 0.25) is 0 Å². The van der Waals surface area contributed by atoms with E-state index in [-0.39, 0.29) is 11.9 Å². The number of pyridine rings is 1. The van der Waals surface area contributed by atoms with Crippen LogP contribution in [0.25, 0.3) is 0 Å². The lowest BCUT2D eigenvalue weighted by molar-refractivity contribution is 0.102. The molecular formula is C18H23N3O. The molecule has 0 aliphatic carbocycles. The van der Waals surface area contributed by atoms with Gasteiger partial charge in [-0.1, -0.05) is 38.1 Å². The van der Waals surface area contributed by atoms with Crippen molar-refractivity contribution in [3.05, 3.63) is 53.7 Å². The third-order valence-electron chi connectivity index (χ3n) is 3.25. The van der Waals surface area contributed by atoms with E-state index in [1.165, 1.54) is 0 Å². The maximum Gasteiger partial charge on any atom is 0.274 e. The average Bonchev–Trinajstić information content (AvgIpc) is 2.47. The molecule has 0 spiro atoms. The molecule has 0 bridgehead atoms. The fourth-order valence-electron chi connectivity index (χ4n) is 2.24. The van der Waals surface area contributed by atoms with Gasteiger partial charge in [-0.05, 0) is 43.5 Å². The van der Waals surface area contributed by atoms with E-state index in [2.05, 4.69) is 29.5 Å². The zero-order chi connectivity index (χ0) is 16.1. The first-order chi connectivity index (χ1) is 10.5. The molecule has 2 rings (SSSR count). The predicted octanol–water partition coefficient (Wildman–Crippen LogP) is 4.28. The Balaban J connectivity index is 2.19. The number of anilines is 2.